The second-order valence-corrected chi connectivity index (χ2v) is 2.11. The molecule has 2 heteroatoms. The fourth-order valence-corrected chi connectivity index (χ4v) is 0.586. The Morgan fingerprint density at radius 2 is 2.00 bits per heavy atom. The monoisotopic (exact) mass is 188 g/mol. The third kappa shape index (κ3) is 6.64. The lowest BCUT2D eigenvalue weighted by Gasteiger charge is -1.99. The van der Waals surface area contributed by atoms with Crippen molar-refractivity contribution in [1.29, 1.82) is 0 Å². The third-order valence-electron chi connectivity index (χ3n) is 1.13. The molecule has 0 unspecified atom stereocenters. The van der Waals surface area contributed by atoms with Crippen LogP contribution in [-0.2, 0) is 9.47 Å². The molecule has 0 fully saturated rings. The largest absolute Gasteiger partial charge is 0.489 e. The second kappa shape index (κ2) is 9.03. The predicted molar refractivity (Wildman–Crippen MR) is 57.0 cm³/mol. The van der Waals surface area contributed by atoms with Gasteiger partial charge in [0.15, 0.2) is 0 Å². The summed E-state index contributed by atoms with van der Waals surface area (Å²) in [6.07, 6.45) is 16.4. The quantitative estimate of drug-likeness (QED) is 0.274. The molecule has 0 rings (SSSR count). The van der Waals surface area contributed by atoms with E-state index in [0.29, 0.717) is 5.76 Å². The first-order valence-electron chi connectivity index (χ1n) is 3.95. The Balaban J connectivity index is 3.93. The van der Waals surface area contributed by atoms with E-state index in [2.05, 4.69) is 18.4 Å². The zero-order valence-electron chi connectivity index (χ0n) is 7.90. The summed E-state index contributed by atoms with van der Waals surface area (Å²) in [6.45, 7) is 4.03. The summed E-state index contributed by atoms with van der Waals surface area (Å²) in [5.74, 6) is 5.27. The van der Waals surface area contributed by atoms with Gasteiger partial charge in [0.2, 0.25) is 0 Å². The molecule has 0 bridgehead atoms. The molecule has 14 heavy (non-hydrogen) atoms. The zero-order chi connectivity index (χ0) is 10.6. The van der Waals surface area contributed by atoms with Crippen LogP contribution in [0.3, 0.4) is 0 Å². The van der Waals surface area contributed by atoms with E-state index in [9.17, 15) is 0 Å². The van der Waals surface area contributed by atoms with Gasteiger partial charge >= 0.3 is 0 Å². The van der Waals surface area contributed by atoms with Crippen molar-refractivity contribution in [1.82, 2.24) is 0 Å². The van der Waals surface area contributed by atoms with Gasteiger partial charge in [0, 0.05) is 0 Å². The zero-order valence-corrected chi connectivity index (χ0v) is 7.90. The average molecular weight is 188 g/mol. The summed E-state index contributed by atoms with van der Waals surface area (Å²) < 4.78 is 10.00. The fourth-order valence-electron chi connectivity index (χ4n) is 0.586. The molecule has 0 amide bonds. The van der Waals surface area contributed by atoms with E-state index in [1.807, 2.05) is 0 Å². The van der Waals surface area contributed by atoms with E-state index in [1.165, 1.54) is 6.26 Å². The molecule has 2 nitrogen and oxygen atoms in total. The van der Waals surface area contributed by atoms with Crippen LogP contribution in [0.5, 0.6) is 0 Å². The van der Waals surface area contributed by atoms with Crippen molar-refractivity contribution in [2.45, 2.75) is 0 Å². The highest BCUT2D eigenvalue weighted by molar-refractivity contribution is 5.16. The number of allylic oxidation sites excluding steroid dienone is 3. The van der Waals surface area contributed by atoms with Gasteiger partial charge in [0.1, 0.15) is 19.0 Å². The Morgan fingerprint density at radius 1 is 1.29 bits per heavy atom. The fraction of sp³-hybridized carbons (Fsp3) is 0.167. The van der Waals surface area contributed by atoms with Crippen molar-refractivity contribution < 1.29 is 9.47 Å². The van der Waals surface area contributed by atoms with E-state index in [0.717, 1.165) is 0 Å². The number of rotatable bonds is 6. The minimum atomic E-state index is 0.219. The van der Waals surface area contributed by atoms with Gasteiger partial charge in [-0.15, -0.1) is 12.8 Å². The van der Waals surface area contributed by atoms with E-state index in [4.69, 9.17) is 22.3 Å². The van der Waals surface area contributed by atoms with Crippen LogP contribution < -0.4 is 0 Å². The molecule has 0 heterocycles. The van der Waals surface area contributed by atoms with Crippen molar-refractivity contribution in [2.24, 2.45) is 0 Å². The van der Waals surface area contributed by atoms with Crippen molar-refractivity contribution in [2.75, 3.05) is 13.2 Å². The summed E-state index contributed by atoms with van der Waals surface area (Å²) in [5.41, 5.74) is 0. The predicted octanol–water partition coefficient (Wildman–Crippen LogP) is 1.87. The number of ether oxygens (including phenoxy) is 2. The first kappa shape index (κ1) is 11.9. The number of terminal acetylenes is 2. The molecule has 72 valence electrons. The molecule has 0 aliphatic heterocycles. The van der Waals surface area contributed by atoms with Gasteiger partial charge in [-0.1, -0.05) is 18.4 Å². The summed E-state index contributed by atoms with van der Waals surface area (Å²) in [7, 11) is 0. The Hall–Kier alpha value is -2.06. The molecule has 0 aromatic heterocycles. The number of hydrogen-bond acceptors (Lipinski definition) is 2. The number of hydrogen-bond donors (Lipinski definition) is 0. The lowest BCUT2D eigenvalue weighted by molar-refractivity contribution is 0.267. The Labute approximate surface area is 84.9 Å². The van der Waals surface area contributed by atoms with Crippen molar-refractivity contribution in [3.05, 3.63) is 36.8 Å². The Bertz CT molecular complexity index is 297. The van der Waals surface area contributed by atoms with Gasteiger partial charge in [-0.3, -0.25) is 0 Å². The molecule has 0 saturated heterocycles. The van der Waals surface area contributed by atoms with Crippen LogP contribution >= 0.6 is 0 Å². The van der Waals surface area contributed by atoms with Gasteiger partial charge < -0.3 is 9.47 Å². The molecule has 0 atom stereocenters. The Kier molecular flexibility index (Phi) is 7.70. The smallest absolute Gasteiger partial charge is 0.148 e. The molecule has 0 spiro atoms. The maximum Gasteiger partial charge on any atom is 0.148 e. The standard InChI is InChI=1S/C12H12O2/c1-4-9-13-11-7-8-12(6-3)14-10-5-2/h1-2,6-8,11H,3,9-10H2/b11-7+,12-8+. The highest BCUT2D eigenvalue weighted by Crippen LogP contribution is 1.98. The maximum atomic E-state index is 5.11. The van der Waals surface area contributed by atoms with Crippen LogP contribution in [0.2, 0.25) is 0 Å². The molecule has 0 saturated carbocycles. The van der Waals surface area contributed by atoms with Crippen molar-refractivity contribution >= 4 is 0 Å². The van der Waals surface area contributed by atoms with Crippen molar-refractivity contribution in [3.8, 4) is 24.7 Å². The SMILES string of the molecule is C#CCO/C=C/C=C(\C=C)OCC#C. The topological polar surface area (TPSA) is 18.5 Å². The molecular weight excluding hydrogens is 176 g/mol. The summed E-state index contributed by atoms with van der Waals surface area (Å²) in [5, 5.41) is 0. The van der Waals surface area contributed by atoms with Gasteiger partial charge in [0.25, 0.3) is 0 Å². The van der Waals surface area contributed by atoms with E-state index < -0.39 is 0 Å². The average Bonchev–Trinajstić information content (AvgIpc) is 2.22. The van der Waals surface area contributed by atoms with Gasteiger partial charge in [-0.05, 0) is 18.2 Å². The molecule has 0 aromatic rings. The lowest BCUT2D eigenvalue weighted by atomic mass is 10.4. The summed E-state index contributed by atoms with van der Waals surface area (Å²) in [4.78, 5) is 0. The van der Waals surface area contributed by atoms with Gasteiger partial charge in [-0.25, -0.2) is 0 Å². The summed E-state index contributed by atoms with van der Waals surface area (Å²) in [6, 6.07) is 0. The molecule has 0 N–H and O–H groups in total. The van der Waals surface area contributed by atoms with E-state index in [1.54, 1.807) is 18.2 Å². The summed E-state index contributed by atoms with van der Waals surface area (Å²) >= 11 is 0. The van der Waals surface area contributed by atoms with Gasteiger partial charge in [0.05, 0.1) is 6.26 Å². The first-order chi connectivity index (χ1) is 6.85. The Morgan fingerprint density at radius 3 is 2.57 bits per heavy atom. The van der Waals surface area contributed by atoms with Crippen LogP contribution in [0, 0.1) is 24.7 Å². The van der Waals surface area contributed by atoms with Crippen LogP contribution in [0.4, 0.5) is 0 Å². The van der Waals surface area contributed by atoms with Crippen LogP contribution in [0.1, 0.15) is 0 Å². The van der Waals surface area contributed by atoms with Crippen molar-refractivity contribution in [3.63, 3.8) is 0 Å². The normalized spacial score (nSPS) is 10.3. The third-order valence-corrected chi connectivity index (χ3v) is 1.13. The minimum absolute atomic E-state index is 0.219. The minimum Gasteiger partial charge on any atom is -0.489 e. The van der Waals surface area contributed by atoms with Crippen LogP contribution in [0.15, 0.2) is 36.8 Å². The highest BCUT2D eigenvalue weighted by atomic mass is 16.5. The highest BCUT2D eigenvalue weighted by Gasteiger charge is 1.86. The van der Waals surface area contributed by atoms with E-state index >= 15 is 0 Å². The molecule has 0 aliphatic carbocycles. The van der Waals surface area contributed by atoms with Gasteiger partial charge in [-0.2, -0.15) is 0 Å². The van der Waals surface area contributed by atoms with E-state index in [-0.39, 0.29) is 13.2 Å². The maximum absolute atomic E-state index is 5.11. The second-order valence-electron chi connectivity index (χ2n) is 2.11. The van der Waals surface area contributed by atoms with Crippen LogP contribution in [0.25, 0.3) is 0 Å². The molecular formula is C12H12O2. The molecule has 0 radical (unpaired) electrons. The van der Waals surface area contributed by atoms with Crippen LogP contribution in [-0.4, -0.2) is 13.2 Å². The molecule has 0 aromatic carbocycles. The molecule has 0 aliphatic rings. The first-order valence-corrected chi connectivity index (χ1v) is 3.95. The lowest BCUT2D eigenvalue weighted by Crippen LogP contribution is -1.88.